The van der Waals surface area contributed by atoms with Crippen LogP contribution in [0.2, 0.25) is 0 Å². The number of nitrogens with zero attached hydrogens (tertiary/aromatic N) is 1. The predicted molar refractivity (Wildman–Crippen MR) is 58.4 cm³/mol. The van der Waals surface area contributed by atoms with Crippen molar-refractivity contribution in [3.8, 4) is 5.75 Å². The van der Waals surface area contributed by atoms with Gasteiger partial charge in [0.2, 0.25) is 0 Å². The van der Waals surface area contributed by atoms with Crippen LogP contribution in [0.3, 0.4) is 0 Å². The zero-order chi connectivity index (χ0) is 11.4. The largest absolute Gasteiger partial charge is 0.497 e. The van der Waals surface area contributed by atoms with Gasteiger partial charge in [0, 0.05) is 5.56 Å². The number of methoxy groups -OCH3 is 1. The molecule has 0 radical (unpaired) electrons. The van der Waals surface area contributed by atoms with E-state index in [-0.39, 0.29) is 16.5 Å². The van der Waals surface area contributed by atoms with Crippen molar-refractivity contribution in [3.05, 3.63) is 33.9 Å². The van der Waals surface area contributed by atoms with Crippen LogP contribution in [0.4, 0.5) is 5.69 Å². The average Bonchev–Trinajstić information content (AvgIpc) is 2.27. The number of hydrogen-bond donors (Lipinski definition) is 0. The molecule has 0 N–H and O–H groups in total. The second-order valence-corrected chi connectivity index (χ2v) is 3.49. The summed E-state index contributed by atoms with van der Waals surface area (Å²) < 4.78 is 4.97. The van der Waals surface area contributed by atoms with E-state index in [0.29, 0.717) is 5.75 Å². The molecule has 0 aromatic heterocycles. The summed E-state index contributed by atoms with van der Waals surface area (Å²) in [4.78, 5) is 10.5. The number of benzene rings is 1. The highest BCUT2D eigenvalue weighted by molar-refractivity contribution is 5.47. The Morgan fingerprint density at radius 3 is 2.67 bits per heavy atom. The lowest BCUT2D eigenvalue weighted by atomic mass is 9.97. The van der Waals surface area contributed by atoms with Crippen LogP contribution >= 0.6 is 0 Å². The Kier molecular flexibility index (Phi) is 3.66. The number of nitro benzene ring substituents is 1. The van der Waals surface area contributed by atoms with Crippen LogP contribution in [0.25, 0.3) is 0 Å². The second kappa shape index (κ2) is 4.77. The maximum atomic E-state index is 10.9. The monoisotopic (exact) mass is 209 g/mol. The summed E-state index contributed by atoms with van der Waals surface area (Å²) in [7, 11) is 1.50. The molecule has 4 heteroatoms. The molecule has 0 bridgehead atoms. The fraction of sp³-hybridized carbons (Fsp3) is 0.455. The summed E-state index contributed by atoms with van der Waals surface area (Å²) in [5.41, 5.74) is 0.909. The van der Waals surface area contributed by atoms with Gasteiger partial charge in [-0.2, -0.15) is 0 Å². The predicted octanol–water partition coefficient (Wildman–Crippen LogP) is 3.12. The van der Waals surface area contributed by atoms with Crippen molar-refractivity contribution in [3.63, 3.8) is 0 Å². The fourth-order valence-electron chi connectivity index (χ4n) is 1.45. The molecule has 1 aromatic rings. The Hall–Kier alpha value is -1.58. The molecule has 4 nitrogen and oxygen atoms in total. The Morgan fingerprint density at radius 1 is 1.53 bits per heavy atom. The molecule has 1 unspecified atom stereocenters. The first-order valence-corrected chi connectivity index (χ1v) is 4.92. The van der Waals surface area contributed by atoms with Gasteiger partial charge in [-0.1, -0.05) is 13.8 Å². The average molecular weight is 209 g/mol. The summed E-state index contributed by atoms with van der Waals surface area (Å²) in [6, 6.07) is 5.00. The molecule has 15 heavy (non-hydrogen) atoms. The SMILES string of the molecule is CCC(C)c1ccc(OC)cc1[N+](=O)[O-]. The van der Waals surface area contributed by atoms with Gasteiger partial charge in [0.15, 0.2) is 0 Å². The van der Waals surface area contributed by atoms with Crippen LogP contribution < -0.4 is 4.74 Å². The molecular formula is C11H15NO3. The van der Waals surface area contributed by atoms with E-state index in [2.05, 4.69) is 0 Å². The van der Waals surface area contributed by atoms with Gasteiger partial charge < -0.3 is 4.74 Å². The fourth-order valence-corrected chi connectivity index (χ4v) is 1.45. The summed E-state index contributed by atoms with van der Waals surface area (Å²) >= 11 is 0. The minimum atomic E-state index is -0.357. The van der Waals surface area contributed by atoms with Crippen LogP contribution in [0.5, 0.6) is 5.75 Å². The number of rotatable bonds is 4. The van der Waals surface area contributed by atoms with Crippen molar-refractivity contribution >= 4 is 5.69 Å². The van der Waals surface area contributed by atoms with Gasteiger partial charge in [-0.25, -0.2) is 0 Å². The van der Waals surface area contributed by atoms with E-state index >= 15 is 0 Å². The zero-order valence-electron chi connectivity index (χ0n) is 9.19. The molecule has 0 spiro atoms. The number of ether oxygens (including phenoxy) is 1. The lowest BCUT2D eigenvalue weighted by Gasteiger charge is -2.10. The quantitative estimate of drug-likeness (QED) is 0.565. The van der Waals surface area contributed by atoms with Crippen molar-refractivity contribution in [1.82, 2.24) is 0 Å². The minimum Gasteiger partial charge on any atom is -0.497 e. The molecule has 0 aliphatic carbocycles. The minimum absolute atomic E-state index is 0.142. The van der Waals surface area contributed by atoms with Crippen LogP contribution in [-0.2, 0) is 0 Å². The Bertz CT molecular complexity index is 363. The molecule has 0 saturated heterocycles. The Morgan fingerprint density at radius 2 is 2.20 bits per heavy atom. The first-order chi connectivity index (χ1) is 7.10. The topological polar surface area (TPSA) is 52.4 Å². The number of nitro groups is 1. The molecular weight excluding hydrogens is 194 g/mol. The molecule has 0 aliphatic rings. The first-order valence-electron chi connectivity index (χ1n) is 4.92. The van der Waals surface area contributed by atoms with Gasteiger partial charge in [0.1, 0.15) is 5.75 Å². The lowest BCUT2D eigenvalue weighted by Crippen LogP contribution is -1.99. The molecule has 0 fully saturated rings. The second-order valence-electron chi connectivity index (χ2n) is 3.49. The van der Waals surface area contributed by atoms with Crippen molar-refractivity contribution in [1.29, 1.82) is 0 Å². The highest BCUT2D eigenvalue weighted by Gasteiger charge is 2.18. The van der Waals surface area contributed by atoms with E-state index in [9.17, 15) is 10.1 Å². The van der Waals surface area contributed by atoms with E-state index in [4.69, 9.17) is 4.74 Å². The summed E-state index contributed by atoms with van der Waals surface area (Å²) in [6.07, 6.45) is 0.882. The molecule has 1 aromatic carbocycles. The van der Waals surface area contributed by atoms with Gasteiger partial charge in [0.25, 0.3) is 5.69 Å². The van der Waals surface area contributed by atoms with Gasteiger partial charge in [0.05, 0.1) is 18.1 Å². The Labute approximate surface area is 89.0 Å². The van der Waals surface area contributed by atoms with Crippen molar-refractivity contribution in [2.45, 2.75) is 26.2 Å². The van der Waals surface area contributed by atoms with Gasteiger partial charge in [-0.05, 0) is 24.5 Å². The third kappa shape index (κ3) is 2.46. The smallest absolute Gasteiger partial charge is 0.276 e. The zero-order valence-corrected chi connectivity index (χ0v) is 9.19. The van der Waals surface area contributed by atoms with Crippen LogP contribution in [-0.4, -0.2) is 12.0 Å². The molecule has 82 valence electrons. The number of hydrogen-bond acceptors (Lipinski definition) is 3. The molecule has 0 amide bonds. The molecule has 0 saturated carbocycles. The standard InChI is InChI=1S/C11H15NO3/c1-4-8(2)10-6-5-9(15-3)7-11(10)12(13)14/h5-8H,4H2,1-3H3. The third-order valence-corrected chi connectivity index (χ3v) is 2.58. The van der Waals surface area contributed by atoms with Crippen LogP contribution in [0, 0.1) is 10.1 Å². The van der Waals surface area contributed by atoms with Gasteiger partial charge >= 0.3 is 0 Å². The summed E-state index contributed by atoms with van der Waals surface area (Å²) in [6.45, 7) is 3.99. The van der Waals surface area contributed by atoms with E-state index < -0.39 is 0 Å². The molecule has 1 rings (SSSR count). The van der Waals surface area contributed by atoms with E-state index in [1.54, 1.807) is 12.1 Å². The summed E-state index contributed by atoms with van der Waals surface area (Å²) in [5, 5.41) is 10.9. The third-order valence-electron chi connectivity index (χ3n) is 2.58. The highest BCUT2D eigenvalue weighted by Crippen LogP contribution is 2.31. The van der Waals surface area contributed by atoms with Gasteiger partial charge in [-0.15, -0.1) is 0 Å². The first kappa shape index (κ1) is 11.5. The van der Waals surface area contributed by atoms with E-state index in [1.807, 2.05) is 13.8 Å². The highest BCUT2D eigenvalue weighted by atomic mass is 16.6. The van der Waals surface area contributed by atoms with E-state index in [1.165, 1.54) is 13.2 Å². The van der Waals surface area contributed by atoms with E-state index in [0.717, 1.165) is 12.0 Å². The Balaban J connectivity index is 3.21. The van der Waals surface area contributed by atoms with Gasteiger partial charge in [-0.3, -0.25) is 10.1 Å². The maximum absolute atomic E-state index is 10.9. The van der Waals surface area contributed by atoms with Crippen molar-refractivity contribution in [2.75, 3.05) is 7.11 Å². The molecule has 0 heterocycles. The van der Waals surface area contributed by atoms with Crippen LogP contribution in [0.1, 0.15) is 31.7 Å². The molecule has 0 aliphatic heterocycles. The normalized spacial score (nSPS) is 12.2. The lowest BCUT2D eigenvalue weighted by molar-refractivity contribution is -0.385. The summed E-state index contributed by atoms with van der Waals surface area (Å²) in [5.74, 6) is 0.713. The van der Waals surface area contributed by atoms with Crippen molar-refractivity contribution < 1.29 is 9.66 Å². The van der Waals surface area contributed by atoms with Crippen LogP contribution in [0.15, 0.2) is 18.2 Å². The molecule has 1 atom stereocenters. The maximum Gasteiger partial charge on any atom is 0.276 e. The van der Waals surface area contributed by atoms with Crippen molar-refractivity contribution in [2.24, 2.45) is 0 Å².